The number of carbonyl (C=O) groups excluding carboxylic acids is 4. The van der Waals surface area contributed by atoms with Crippen LogP contribution >= 0.6 is 0 Å². The first kappa shape index (κ1) is 26.6. The smallest absolute Gasteiger partial charge is 0.201 e. The van der Waals surface area contributed by atoms with Crippen LogP contribution in [0.15, 0.2) is 42.0 Å². The maximum absolute atomic E-state index is 13.8. The summed E-state index contributed by atoms with van der Waals surface area (Å²) in [7, 11) is 2.57. The molecule has 4 aromatic rings. The van der Waals surface area contributed by atoms with Gasteiger partial charge in [-0.2, -0.15) is 0 Å². The minimum absolute atomic E-state index is 0.0130. The monoisotopic (exact) mass is 566 g/mol. The lowest BCUT2D eigenvalue weighted by Crippen LogP contribution is -2.22. The van der Waals surface area contributed by atoms with Gasteiger partial charge in [0.2, 0.25) is 5.78 Å². The highest BCUT2D eigenvalue weighted by atomic mass is 16.5. The lowest BCUT2D eigenvalue weighted by Gasteiger charge is -2.26. The minimum atomic E-state index is -0.852. The van der Waals surface area contributed by atoms with Crippen LogP contribution in [0.2, 0.25) is 0 Å². The summed E-state index contributed by atoms with van der Waals surface area (Å²) in [5.41, 5.74) is -1.56. The maximum Gasteiger partial charge on any atom is 0.201 e. The molecule has 210 valence electrons. The Morgan fingerprint density at radius 3 is 1.95 bits per heavy atom. The molecule has 42 heavy (non-hydrogen) atoms. The Balaban J connectivity index is 1.82. The standard InChI is InChI=1S/C32H22O10/c1-11-5-15-22(17(33)6-11)30(38)24-16(29(15)37)10-20(42-4)26(32(24)40)23-14-8-13(41-3)9-19(35)21(14)31(39)25-18(34)7-12(2)28(36)27(23)25/h5-10,33,35,39-40H,1-4H3. The van der Waals surface area contributed by atoms with Crippen LogP contribution in [0.5, 0.6) is 34.5 Å². The number of benzene rings is 4. The summed E-state index contributed by atoms with van der Waals surface area (Å²) in [6, 6.07) is 6.58. The number of fused-ring (bicyclic) bond motifs is 4. The van der Waals surface area contributed by atoms with E-state index in [4.69, 9.17) is 9.47 Å². The number of phenolic OH excluding ortho intramolecular Hbond substituents is 4. The number of methoxy groups -OCH3 is 2. The van der Waals surface area contributed by atoms with Crippen LogP contribution in [0.3, 0.4) is 0 Å². The van der Waals surface area contributed by atoms with Crippen LogP contribution in [-0.2, 0) is 0 Å². The molecule has 6 rings (SSSR count). The zero-order chi connectivity index (χ0) is 30.4. The van der Waals surface area contributed by atoms with Crippen molar-refractivity contribution in [3.63, 3.8) is 0 Å². The fourth-order valence-corrected chi connectivity index (χ4v) is 5.84. The Kier molecular flexibility index (Phi) is 5.65. The summed E-state index contributed by atoms with van der Waals surface area (Å²) in [6.45, 7) is 3.05. The second-order valence-electron chi connectivity index (χ2n) is 10.2. The molecule has 4 N–H and O–H groups in total. The largest absolute Gasteiger partial charge is 0.507 e. The van der Waals surface area contributed by atoms with E-state index in [9.17, 15) is 39.6 Å². The maximum atomic E-state index is 13.8. The molecular weight excluding hydrogens is 544 g/mol. The Hall–Kier alpha value is -5.64. The van der Waals surface area contributed by atoms with Gasteiger partial charge in [-0.3, -0.25) is 19.2 Å². The number of aryl methyl sites for hydroxylation is 1. The molecule has 2 aliphatic carbocycles. The van der Waals surface area contributed by atoms with Gasteiger partial charge in [-0.25, -0.2) is 0 Å². The number of allylic oxidation sites excluding steroid dienone is 2. The Morgan fingerprint density at radius 2 is 1.29 bits per heavy atom. The molecule has 0 bridgehead atoms. The number of ether oxygens (including phenoxy) is 2. The van der Waals surface area contributed by atoms with Crippen molar-refractivity contribution in [1.82, 2.24) is 0 Å². The van der Waals surface area contributed by atoms with Crippen molar-refractivity contribution in [3.8, 4) is 45.6 Å². The van der Waals surface area contributed by atoms with Crippen LogP contribution in [0.4, 0.5) is 0 Å². The molecule has 0 aromatic heterocycles. The molecule has 10 heteroatoms. The first-order chi connectivity index (χ1) is 19.9. The van der Waals surface area contributed by atoms with Gasteiger partial charge in [-0.15, -0.1) is 0 Å². The molecule has 10 nitrogen and oxygen atoms in total. The summed E-state index contributed by atoms with van der Waals surface area (Å²) >= 11 is 0. The van der Waals surface area contributed by atoms with E-state index in [-0.39, 0.29) is 61.2 Å². The lowest BCUT2D eigenvalue weighted by molar-refractivity contribution is 0.0974. The van der Waals surface area contributed by atoms with Gasteiger partial charge in [0.15, 0.2) is 17.3 Å². The number of Topliss-reactive ketones (excluding diaryl/α,β-unsaturated/α-hetero) is 1. The van der Waals surface area contributed by atoms with Crippen molar-refractivity contribution < 1.29 is 49.1 Å². The van der Waals surface area contributed by atoms with Crippen molar-refractivity contribution in [2.75, 3.05) is 14.2 Å². The SMILES string of the molecule is COc1cc(O)c2c(O)c3c(c(-c4c(OC)cc5c(c4O)C(=O)c4c(O)cc(C)cc4C5=O)c2c1)C(=O)C(C)=CC3=O. The fraction of sp³-hybridized carbons (Fsp3) is 0.125. The van der Waals surface area contributed by atoms with E-state index in [2.05, 4.69) is 0 Å². The third kappa shape index (κ3) is 3.38. The Labute approximate surface area is 237 Å². The molecule has 0 fully saturated rings. The Bertz CT molecular complexity index is 2030. The predicted octanol–water partition coefficient (Wildman–Crippen LogP) is 4.76. The van der Waals surface area contributed by atoms with Crippen molar-refractivity contribution in [2.45, 2.75) is 13.8 Å². The van der Waals surface area contributed by atoms with Crippen LogP contribution < -0.4 is 9.47 Å². The van der Waals surface area contributed by atoms with Gasteiger partial charge in [-0.05, 0) is 49.8 Å². The fourth-order valence-electron chi connectivity index (χ4n) is 5.84. The third-order valence-electron chi connectivity index (χ3n) is 7.69. The second kappa shape index (κ2) is 8.93. The van der Waals surface area contributed by atoms with Gasteiger partial charge in [0.05, 0.1) is 41.9 Å². The molecule has 0 radical (unpaired) electrons. The molecule has 0 spiro atoms. The van der Waals surface area contributed by atoms with Gasteiger partial charge in [-0.1, -0.05) is 0 Å². The average molecular weight is 567 g/mol. The van der Waals surface area contributed by atoms with E-state index in [1.807, 2.05) is 0 Å². The molecule has 0 atom stereocenters. The number of hydrogen-bond donors (Lipinski definition) is 4. The van der Waals surface area contributed by atoms with Crippen LogP contribution in [-0.4, -0.2) is 57.8 Å². The highest BCUT2D eigenvalue weighted by molar-refractivity contribution is 6.34. The van der Waals surface area contributed by atoms with E-state index >= 15 is 0 Å². The molecule has 0 heterocycles. The highest BCUT2D eigenvalue weighted by Crippen LogP contribution is 2.54. The summed E-state index contributed by atoms with van der Waals surface area (Å²) in [6.07, 6.45) is 1.05. The second-order valence-corrected chi connectivity index (χ2v) is 10.2. The van der Waals surface area contributed by atoms with E-state index in [0.717, 1.165) is 6.08 Å². The van der Waals surface area contributed by atoms with Gasteiger partial charge >= 0.3 is 0 Å². The van der Waals surface area contributed by atoms with Crippen molar-refractivity contribution in [2.24, 2.45) is 0 Å². The van der Waals surface area contributed by atoms with Gasteiger partial charge in [0.25, 0.3) is 0 Å². The summed E-state index contributed by atoms with van der Waals surface area (Å²) in [5.74, 6) is -5.30. The molecule has 4 aromatic carbocycles. The summed E-state index contributed by atoms with van der Waals surface area (Å²) in [5, 5.41) is 44.3. The molecular formula is C32H22O10. The van der Waals surface area contributed by atoms with Crippen molar-refractivity contribution in [1.29, 1.82) is 0 Å². The topological polar surface area (TPSA) is 168 Å². The van der Waals surface area contributed by atoms with E-state index in [0.29, 0.717) is 5.56 Å². The minimum Gasteiger partial charge on any atom is -0.507 e. The van der Waals surface area contributed by atoms with E-state index in [1.54, 1.807) is 6.92 Å². The first-order valence-corrected chi connectivity index (χ1v) is 12.6. The molecule has 0 aliphatic heterocycles. The number of hydrogen-bond acceptors (Lipinski definition) is 10. The normalized spacial score (nSPS) is 14.0. The number of phenols is 4. The van der Waals surface area contributed by atoms with Crippen LogP contribution in [0, 0.1) is 6.92 Å². The highest BCUT2D eigenvalue weighted by Gasteiger charge is 2.40. The molecule has 0 unspecified atom stereocenters. The predicted molar refractivity (Wildman–Crippen MR) is 150 cm³/mol. The molecule has 0 amide bonds. The van der Waals surface area contributed by atoms with Crippen LogP contribution in [0.25, 0.3) is 21.9 Å². The summed E-state index contributed by atoms with van der Waals surface area (Å²) < 4.78 is 10.9. The van der Waals surface area contributed by atoms with E-state index < -0.39 is 57.3 Å². The third-order valence-corrected chi connectivity index (χ3v) is 7.69. The zero-order valence-corrected chi connectivity index (χ0v) is 22.7. The van der Waals surface area contributed by atoms with Gasteiger partial charge in [0, 0.05) is 39.3 Å². The lowest BCUT2D eigenvalue weighted by atomic mass is 9.77. The first-order valence-electron chi connectivity index (χ1n) is 12.6. The molecule has 0 saturated heterocycles. The Morgan fingerprint density at radius 1 is 0.595 bits per heavy atom. The van der Waals surface area contributed by atoms with Crippen molar-refractivity contribution in [3.05, 3.63) is 80.9 Å². The number of ketones is 4. The molecule has 0 saturated carbocycles. The number of rotatable bonds is 3. The zero-order valence-electron chi connectivity index (χ0n) is 22.7. The average Bonchev–Trinajstić information content (AvgIpc) is 2.93. The molecule has 2 aliphatic rings. The van der Waals surface area contributed by atoms with E-state index in [1.165, 1.54) is 51.5 Å². The number of aromatic hydroxyl groups is 4. The van der Waals surface area contributed by atoms with Crippen LogP contribution in [0.1, 0.15) is 65.0 Å². The van der Waals surface area contributed by atoms with Crippen molar-refractivity contribution >= 4 is 33.9 Å². The quantitative estimate of drug-likeness (QED) is 0.239. The van der Waals surface area contributed by atoms with Gasteiger partial charge in [0.1, 0.15) is 34.5 Å². The number of carbonyl (C=O) groups is 4. The summed E-state index contributed by atoms with van der Waals surface area (Å²) in [4.78, 5) is 54.2. The van der Waals surface area contributed by atoms with Gasteiger partial charge < -0.3 is 29.9 Å².